The van der Waals surface area contributed by atoms with Crippen molar-refractivity contribution in [1.82, 2.24) is 15.2 Å². The van der Waals surface area contributed by atoms with Gasteiger partial charge in [0.25, 0.3) is 5.91 Å². The molecule has 98 valence electrons. The van der Waals surface area contributed by atoms with E-state index in [4.69, 9.17) is 0 Å². The van der Waals surface area contributed by atoms with E-state index in [1.807, 2.05) is 0 Å². The van der Waals surface area contributed by atoms with Gasteiger partial charge in [0.1, 0.15) is 6.33 Å². The van der Waals surface area contributed by atoms with Crippen molar-refractivity contribution in [3.63, 3.8) is 0 Å². The SMILES string of the molecule is COC(=O)c1ccc(NC(=O)c2ncn[nH]2)c(C)c1. The number of aryl methyl sites for hydroxylation is 1. The van der Waals surface area contributed by atoms with Gasteiger partial charge in [-0.3, -0.25) is 9.89 Å². The maximum Gasteiger partial charge on any atom is 0.337 e. The number of amides is 1. The van der Waals surface area contributed by atoms with Crippen LogP contribution >= 0.6 is 0 Å². The fourth-order valence-electron chi connectivity index (χ4n) is 1.55. The highest BCUT2D eigenvalue weighted by atomic mass is 16.5. The summed E-state index contributed by atoms with van der Waals surface area (Å²) < 4.78 is 4.62. The van der Waals surface area contributed by atoms with Gasteiger partial charge in [0.05, 0.1) is 12.7 Å². The normalized spacial score (nSPS) is 10.0. The molecule has 1 heterocycles. The van der Waals surface area contributed by atoms with E-state index in [0.717, 1.165) is 5.56 Å². The first-order chi connectivity index (χ1) is 9.11. The summed E-state index contributed by atoms with van der Waals surface area (Å²) >= 11 is 0. The Labute approximate surface area is 109 Å². The Morgan fingerprint density at radius 1 is 1.37 bits per heavy atom. The predicted octanol–water partition coefficient (Wildman–Crippen LogP) is 1.15. The van der Waals surface area contributed by atoms with Crippen LogP contribution in [0.5, 0.6) is 0 Å². The van der Waals surface area contributed by atoms with Crippen LogP contribution in [0.2, 0.25) is 0 Å². The monoisotopic (exact) mass is 260 g/mol. The molecule has 0 aliphatic carbocycles. The zero-order valence-corrected chi connectivity index (χ0v) is 10.4. The third-order valence-corrected chi connectivity index (χ3v) is 2.53. The molecule has 0 saturated heterocycles. The van der Waals surface area contributed by atoms with Crippen LogP contribution in [0.1, 0.15) is 26.5 Å². The Morgan fingerprint density at radius 2 is 2.16 bits per heavy atom. The van der Waals surface area contributed by atoms with E-state index in [1.165, 1.54) is 13.4 Å². The zero-order valence-electron chi connectivity index (χ0n) is 10.4. The number of esters is 1. The minimum atomic E-state index is -0.420. The van der Waals surface area contributed by atoms with Gasteiger partial charge in [0.2, 0.25) is 5.82 Å². The zero-order chi connectivity index (χ0) is 13.8. The number of ether oxygens (including phenoxy) is 1. The summed E-state index contributed by atoms with van der Waals surface area (Å²) in [6.07, 6.45) is 1.25. The summed E-state index contributed by atoms with van der Waals surface area (Å²) in [7, 11) is 1.32. The van der Waals surface area contributed by atoms with Crippen molar-refractivity contribution >= 4 is 17.6 Å². The molecule has 0 atom stereocenters. The van der Waals surface area contributed by atoms with Crippen LogP contribution in [-0.2, 0) is 4.74 Å². The van der Waals surface area contributed by atoms with Crippen LogP contribution < -0.4 is 5.32 Å². The van der Waals surface area contributed by atoms with Gasteiger partial charge in [-0.25, -0.2) is 9.78 Å². The molecule has 2 N–H and O–H groups in total. The predicted molar refractivity (Wildman–Crippen MR) is 66.9 cm³/mol. The van der Waals surface area contributed by atoms with Crippen LogP contribution in [0.4, 0.5) is 5.69 Å². The number of aromatic nitrogens is 3. The molecule has 0 radical (unpaired) electrons. The second-order valence-corrected chi connectivity index (χ2v) is 3.81. The first-order valence-electron chi connectivity index (χ1n) is 5.47. The molecule has 0 bridgehead atoms. The van der Waals surface area contributed by atoms with Crippen LogP contribution in [0.25, 0.3) is 0 Å². The average molecular weight is 260 g/mol. The largest absolute Gasteiger partial charge is 0.465 e. The number of benzene rings is 1. The summed E-state index contributed by atoms with van der Waals surface area (Å²) in [6, 6.07) is 4.85. The number of H-pyrrole nitrogens is 1. The third-order valence-electron chi connectivity index (χ3n) is 2.53. The van der Waals surface area contributed by atoms with E-state index < -0.39 is 11.9 Å². The smallest absolute Gasteiger partial charge is 0.337 e. The van der Waals surface area contributed by atoms with Gasteiger partial charge in [-0.15, -0.1) is 0 Å². The molecule has 2 rings (SSSR count). The molecular formula is C12H12N4O3. The number of nitrogens with zero attached hydrogens (tertiary/aromatic N) is 2. The molecule has 0 fully saturated rings. The number of carbonyl (C=O) groups excluding carboxylic acids is 2. The highest BCUT2D eigenvalue weighted by Crippen LogP contribution is 2.17. The van der Waals surface area contributed by atoms with E-state index >= 15 is 0 Å². The van der Waals surface area contributed by atoms with Crippen molar-refractivity contribution < 1.29 is 14.3 Å². The summed E-state index contributed by atoms with van der Waals surface area (Å²) in [4.78, 5) is 26.9. The van der Waals surface area contributed by atoms with Crippen molar-refractivity contribution in [2.75, 3.05) is 12.4 Å². The van der Waals surface area contributed by atoms with Crippen molar-refractivity contribution in [2.24, 2.45) is 0 Å². The molecule has 1 aromatic carbocycles. The first kappa shape index (κ1) is 12.7. The van der Waals surface area contributed by atoms with E-state index in [-0.39, 0.29) is 5.82 Å². The molecule has 1 aromatic heterocycles. The molecular weight excluding hydrogens is 248 g/mol. The lowest BCUT2D eigenvalue weighted by atomic mass is 10.1. The second-order valence-electron chi connectivity index (χ2n) is 3.81. The minimum absolute atomic E-state index is 0.122. The van der Waals surface area contributed by atoms with Gasteiger partial charge < -0.3 is 10.1 Å². The molecule has 0 spiro atoms. The lowest BCUT2D eigenvalue weighted by molar-refractivity contribution is 0.0600. The molecule has 7 nitrogen and oxygen atoms in total. The number of anilines is 1. The standard InChI is InChI=1S/C12H12N4O3/c1-7-5-8(12(18)19-2)3-4-9(7)15-11(17)10-13-6-14-16-10/h3-6H,1-2H3,(H,15,17)(H,13,14,16). The number of aromatic amines is 1. The van der Waals surface area contributed by atoms with Gasteiger partial charge in [-0.1, -0.05) is 0 Å². The van der Waals surface area contributed by atoms with Crippen molar-refractivity contribution in [3.05, 3.63) is 41.5 Å². The number of nitrogens with one attached hydrogen (secondary N) is 2. The van der Waals surface area contributed by atoms with Gasteiger partial charge in [-0.05, 0) is 30.7 Å². The average Bonchev–Trinajstić information content (AvgIpc) is 2.94. The number of hydrogen-bond donors (Lipinski definition) is 2. The lowest BCUT2D eigenvalue weighted by Gasteiger charge is -2.08. The number of carbonyl (C=O) groups is 2. The molecule has 1 amide bonds. The van der Waals surface area contributed by atoms with Gasteiger partial charge in [0, 0.05) is 5.69 Å². The molecule has 0 unspecified atom stereocenters. The topological polar surface area (TPSA) is 97.0 Å². The van der Waals surface area contributed by atoms with E-state index in [1.54, 1.807) is 25.1 Å². The highest BCUT2D eigenvalue weighted by Gasteiger charge is 2.12. The van der Waals surface area contributed by atoms with Crippen LogP contribution in [0.3, 0.4) is 0 Å². The maximum absolute atomic E-state index is 11.8. The Bertz CT molecular complexity index is 607. The van der Waals surface area contributed by atoms with Crippen LogP contribution in [0.15, 0.2) is 24.5 Å². The maximum atomic E-state index is 11.8. The lowest BCUT2D eigenvalue weighted by Crippen LogP contribution is -2.15. The molecule has 2 aromatic rings. The summed E-state index contributed by atoms with van der Waals surface area (Å²) in [5.74, 6) is -0.695. The number of rotatable bonds is 3. The van der Waals surface area contributed by atoms with E-state index in [0.29, 0.717) is 11.3 Å². The highest BCUT2D eigenvalue weighted by molar-refractivity contribution is 6.02. The van der Waals surface area contributed by atoms with E-state index in [9.17, 15) is 9.59 Å². The van der Waals surface area contributed by atoms with Crippen LogP contribution in [-0.4, -0.2) is 34.2 Å². The molecule has 0 aliphatic heterocycles. The Kier molecular flexibility index (Phi) is 3.56. The molecule has 19 heavy (non-hydrogen) atoms. The van der Waals surface area contributed by atoms with E-state index in [2.05, 4.69) is 25.2 Å². The summed E-state index contributed by atoms with van der Waals surface area (Å²) in [6.45, 7) is 1.78. The van der Waals surface area contributed by atoms with Gasteiger partial charge in [0.15, 0.2) is 0 Å². The second kappa shape index (κ2) is 5.30. The van der Waals surface area contributed by atoms with Crippen molar-refractivity contribution in [3.8, 4) is 0 Å². The minimum Gasteiger partial charge on any atom is -0.465 e. The van der Waals surface area contributed by atoms with Gasteiger partial charge >= 0.3 is 5.97 Å². The number of methoxy groups -OCH3 is 1. The Hall–Kier alpha value is -2.70. The fraction of sp³-hybridized carbons (Fsp3) is 0.167. The molecule has 7 heteroatoms. The van der Waals surface area contributed by atoms with Crippen molar-refractivity contribution in [2.45, 2.75) is 6.92 Å². The fourth-order valence-corrected chi connectivity index (χ4v) is 1.55. The Morgan fingerprint density at radius 3 is 2.74 bits per heavy atom. The quantitative estimate of drug-likeness (QED) is 0.807. The van der Waals surface area contributed by atoms with Gasteiger partial charge in [-0.2, -0.15) is 5.10 Å². The molecule has 0 saturated carbocycles. The van der Waals surface area contributed by atoms with Crippen molar-refractivity contribution in [1.29, 1.82) is 0 Å². The first-order valence-corrected chi connectivity index (χ1v) is 5.47. The third kappa shape index (κ3) is 2.76. The van der Waals surface area contributed by atoms with Crippen LogP contribution in [0, 0.1) is 6.92 Å². The molecule has 0 aliphatic rings. The Balaban J connectivity index is 2.18. The summed E-state index contributed by atoms with van der Waals surface area (Å²) in [5, 5.41) is 8.74. The summed E-state index contributed by atoms with van der Waals surface area (Å²) in [5.41, 5.74) is 1.77. The number of hydrogen-bond acceptors (Lipinski definition) is 5.